The fourth-order valence-electron chi connectivity index (χ4n) is 6.19. The van der Waals surface area contributed by atoms with Gasteiger partial charge < -0.3 is 4.74 Å². The van der Waals surface area contributed by atoms with Crippen LogP contribution in [-0.4, -0.2) is 19.5 Å². The van der Waals surface area contributed by atoms with E-state index in [2.05, 4.69) is 89.5 Å². The second kappa shape index (κ2) is 10.5. The predicted octanol–water partition coefficient (Wildman–Crippen LogP) is 8.17. The summed E-state index contributed by atoms with van der Waals surface area (Å²) in [6, 6.07) is 52.3. The zero-order valence-corrected chi connectivity index (χ0v) is 25.0. The molecule has 1 aliphatic heterocycles. The number of hydrogen-bond acceptors (Lipinski definition) is 4. The normalized spacial score (nSPS) is 13.7. The Morgan fingerprint density at radius 2 is 1.07 bits per heavy atom. The van der Waals surface area contributed by atoms with Crippen molar-refractivity contribution in [3.63, 3.8) is 0 Å². The van der Waals surface area contributed by atoms with Gasteiger partial charge in [0.1, 0.15) is 11.5 Å². The van der Waals surface area contributed by atoms with Gasteiger partial charge in [-0.05, 0) is 31.4 Å². The number of para-hydroxylation sites is 2. The minimum Gasteiger partial charge on any atom is -0.456 e. The first-order valence-electron chi connectivity index (χ1n) is 14.9. The maximum Gasteiger partial charge on any atom is 0.238 e. The molecule has 0 fully saturated rings. The number of benzene rings is 6. The molecule has 0 bridgehead atoms. The van der Waals surface area contributed by atoms with Crippen molar-refractivity contribution in [2.75, 3.05) is 0 Å². The molecule has 3 heterocycles. The van der Waals surface area contributed by atoms with Gasteiger partial charge in [-0.15, -0.1) is 0 Å². The molecular formula is C39H25N4OP. The topological polar surface area (TPSA) is 52.8 Å². The van der Waals surface area contributed by atoms with Gasteiger partial charge in [-0.2, -0.15) is 9.97 Å². The van der Waals surface area contributed by atoms with Crippen molar-refractivity contribution in [1.29, 1.82) is 0 Å². The van der Waals surface area contributed by atoms with Crippen LogP contribution < -0.4 is 20.7 Å². The molecule has 2 aromatic heterocycles. The van der Waals surface area contributed by atoms with Gasteiger partial charge >= 0.3 is 0 Å². The SMILES string of the molecule is c1ccc(-c2nc(-c3ccccc3)nc(-n3c4ccccc4c4cc5c(cc43)Oc3ccccc3P5c3ccccc3)n2)cc1. The molecular weight excluding hydrogens is 571 g/mol. The highest BCUT2D eigenvalue weighted by atomic mass is 31.1. The van der Waals surface area contributed by atoms with Gasteiger partial charge in [-0.3, -0.25) is 4.57 Å². The van der Waals surface area contributed by atoms with E-state index in [-0.39, 0.29) is 0 Å². The molecule has 0 saturated carbocycles. The summed E-state index contributed by atoms with van der Waals surface area (Å²) in [6.45, 7) is 0. The molecule has 5 nitrogen and oxygen atoms in total. The fourth-order valence-corrected chi connectivity index (χ4v) is 8.64. The first-order valence-corrected chi connectivity index (χ1v) is 16.2. The highest BCUT2D eigenvalue weighted by molar-refractivity contribution is 7.80. The van der Waals surface area contributed by atoms with Crippen molar-refractivity contribution in [2.45, 2.75) is 0 Å². The first kappa shape index (κ1) is 25.8. The maximum atomic E-state index is 6.66. The van der Waals surface area contributed by atoms with Crippen LogP contribution in [0.15, 0.2) is 152 Å². The molecule has 45 heavy (non-hydrogen) atoms. The molecule has 6 heteroatoms. The summed E-state index contributed by atoms with van der Waals surface area (Å²) < 4.78 is 8.81. The molecule has 0 N–H and O–H groups in total. The second-order valence-corrected chi connectivity index (χ2v) is 13.1. The van der Waals surface area contributed by atoms with Gasteiger partial charge in [0.05, 0.1) is 11.0 Å². The third-order valence-corrected chi connectivity index (χ3v) is 10.7. The van der Waals surface area contributed by atoms with Gasteiger partial charge in [0, 0.05) is 38.6 Å². The summed E-state index contributed by atoms with van der Waals surface area (Å²) in [5.74, 6) is 3.58. The second-order valence-electron chi connectivity index (χ2n) is 10.9. The van der Waals surface area contributed by atoms with Crippen molar-refractivity contribution < 1.29 is 4.74 Å². The largest absolute Gasteiger partial charge is 0.456 e. The average Bonchev–Trinajstić information content (AvgIpc) is 3.43. The molecule has 6 aromatic carbocycles. The first-order chi connectivity index (χ1) is 22.3. The third kappa shape index (κ3) is 4.32. The number of fused-ring (bicyclic) bond motifs is 5. The standard InChI is InChI=1S/C39H25N4OP/c1-4-14-26(15-5-1)37-40-38(27-16-6-2-7-17-27)42-39(41-37)43-31-21-11-10-20-29(31)30-24-36-34(25-32(30)43)44-33-22-12-13-23-35(33)45(36)28-18-8-3-9-19-28/h1-25H. The van der Waals surface area contributed by atoms with E-state index in [4.69, 9.17) is 19.7 Å². The highest BCUT2D eigenvalue weighted by Gasteiger charge is 2.30. The van der Waals surface area contributed by atoms with E-state index in [9.17, 15) is 0 Å². The van der Waals surface area contributed by atoms with Crippen molar-refractivity contribution >= 4 is 45.6 Å². The Kier molecular flexibility index (Phi) is 6.03. The lowest BCUT2D eigenvalue weighted by Crippen LogP contribution is -2.27. The van der Waals surface area contributed by atoms with E-state index < -0.39 is 7.92 Å². The molecule has 1 aliphatic rings. The predicted molar refractivity (Wildman–Crippen MR) is 184 cm³/mol. The number of nitrogens with zero attached hydrogens (tertiary/aromatic N) is 4. The van der Waals surface area contributed by atoms with E-state index in [1.54, 1.807) is 0 Å². The lowest BCUT2D eigenvalue weighted by atomic mass is 10.1. The van der Waals surface area contributed by atoms with Crippen LogP contribution in [0.5, 0.6) is 11.5 Å². The van der Waals surface area contributed by atoms with Crippen LogP contribution in [0.4, 0.5) is 0 Å². The maximum absolute atomic E-state index is 6.66. The van der Waals surface area contributed by atoms with Crippen molar-refractivity contribution in [2.24, 2.45) is 0 Å². The van der Waals surface area contributed by atoms with E-state index in [1.165, 1.54) is 15.9 Å². The molecule has 0 radical (unpaired) electrons. The zero-order chi connectivity index (χ0) is 29.7. The molecule has 0 saturated heterocycles. The minimum absolute atomic E-state index is 0.565. The average molecular weight is 597 g/mol. The Bertz CT molecular complexity index is 2300. The van der Waals surface area contributed by atoms with Gasteiger partial charge in [0.15, 0.2) is 11.6 Å². The Morgan fingerprint density at radius 3 is 1.78 bits per heavy atom. The van der Waals surface area contributed by atoms with Crippen LogP contribution >= 0.6 is 7.92 Å². The van der Waals surface area contributed by atoms with E-state index in [0.717, 1.165) is 44.4 Å². The van der Waals surface area contributed by atoms with Crippen LogP contribution in [-0.2, 0) is 0 Å². The monoisotopic (exact) mass is 596 g/mol. The van der Waals surface area contributed by atoms with Crippen molar-refractivity contribution in [3.05, 3.63) is 152 Å². The summed E-state index contributed by atoms with van der Waals surface area (Å²) >= 11 is 0. The molecule has 1 unspecified atom stereocenters. The molecule has 0 spiro atoms. The Hall–Kier alpha value is -5.64. The van der Waals surface area contributed by atoms with Gasteiger partial charge in [0.2, 0.25) is 5.95 Å². The Balaban J connectivity index is 1.33. The third-order valence-electron chi connectivity index (χ3n) is 8.22. The smallest absolute Gasteiger partial charge is 0.238 e. The Morgan fingerprint density at radius 1 is 0.467 bits per heavy atom. The Labute approximate surface area is 261 Å². The number of rotatable bonds is 4. The van der Waals surface area contributed by atoms with Crippen LogP contribution in [0, 0.1) is 0 Å². The molecule has 9 rings (SSSR count). The summed E-state index contributed by atoms with van der Waals surface area (Å²) in [4.78, 5) is 15.1. The van der Waals surface area contributed by atoms with E-state index >= 15 is 0 Å². The van der Waals surface area contributed by atoms with Crippen LogP contribution in [0.25, 0.3) is 50.5 Å². The summed E-state index contributed by atoms with van der Waals surface area (Å²) in [7, 11) is -0.819. The van der Waals surface area contributed by atoms with Crippen molar-refractivity contribution in [3.8, 4) is 40.2 Å². The van der Waals surface area contributed by atoms with Gasteiger partial charge in [0.25, 0.3) is 0 Å². The summed E-state index contributed by atoms with van der Waals surface area (Å²) in [6.07, 6.45) is 0. The van der Waals surface area contributed by atoms with Gasteiger partial charge in [-0.25, -0.2) is 4.98 Å². The summed E-state index contributed by atoms with van der Waals surface area (Å²) in [5.41, 5.74) is 3.89. The van der Waals surface area contributed by atoms with E-state index in [0.29, 0.717) is 17.6 Å². The quantitative estimate of drug-likeness (QED) is 0.192. The highest BCUT2D eigenvalue weighted by Crippen LogP contribution is 2.47. The molecule has 8 aromatic rings. The molecule has 212 valence electrons. The van der Waals surface area contributed by atoms with Crippen LogP contribution in [0.1, 0.15) is 0 Å². The molecule has 1 atom stereocenters. The molecule has 0 aliphatic carbocycles. The van der Waals surface area contributed by atoms with Crippen LogP contribution in [0.3, 0.4) is 0 Å². The number of ether oxygens (including phenoxy) is 1. The number of hydrogen-bond donors (Lipinski definition) is 0. The van der Waals surface area contributed by atoms with Gasteiger partial charge in [-0.1, -0.05) is 127 Å². The lowest BCUT2D eigenvalue weighted by Gasteiger charge is -2.29. The zero-order valence-electron chi connectivity index (χ0n) is 24.1. The minimum atomic E-state index is -0.819. The molecule has 0 amide bonds. The lowest BCUT2D eigenvalue weighted by molar-refractivity contribution is 0.489. The van der Waals surface area contributed by atoms with Crippen molar-refractivity contribution in [1.82, 2.24) is 19.5 Å². The number of aromatic nitrogens is 4. The summed E-state index contributed by atoms with van der Waals surface area (Å²) in [5, 5.41) is 6.01. The fraction of sp³-hybridized carbons (Fsp3) is 0. The van der Waals surface area contributed by atoms with E-state index in [1.807, 2.05) is 66.7 Å². The van der Waals surface area contributed by atoms with Crippen LogP contribution in [0.2, 0.25) is 0 Å².